The molecule has 0 saturated carbocycles. The third kappa shape index (κ3) is 24.0. The van der Waals surface area contributed by atoms with E-state index in [1.807, 2.05) is 0 Å². The summed E-state index contributed by atoms with van der Waals surface area (Å²) in [5.41, 5.74) is 0. The molecule has 0 atom stereocenters. The minimum absolute atomic E-state index is 0.753. The molecule has 64 valence electrons. The van der Waals surface area contributed by atoms with E-state index in [0.717, 1.165) is 25.4 Å². The van der Waals surface area contributed by atoms with Crippen molar-refractivity contribution < 1.29 is 9.47 Å². The quantitative estimate of drug-likeness (QED) is 0.640. The van der Waals surface area contributed by atoms with Crippen LogP contribution in [0.2, 0.25) is 0 Å². The Balaban J connectivity index is 0. The van der Waals surface area contributed by atoms with Gasteiger partial charge in [-0.3, -0.25) is 0 Å². The number of rotatable bonds is 4. The first-order valence-electron chi connectivity index (χ1n) is 3.42. The Morgan fingerprint density at radius 1 is 1.10 bits per heavy atom. The molecule has 0 aliphatic rings. The van der Waals surface area contributed by atoms with E-state index in [9.17, 15) is 0 Å². The Hall–Kier alpha value is 0.270. The summed E-state index contributed by atoms with van der Waals surface area (Å²) in [6.07, 6.45) is 1.12. The number of hydrogen-bond acceptors (Lipinski definition) is 3. The van der Waals surface area contributed by atoms with E-state index in [2.05, 4.69) is 24.3 Å². The zero-order chi connectivity index (χ0) is 8.24. The Morgan fingerprint density at radius 3 is 1.60 bits per heavy atom. The predicted molar refractivity (Wildman–Crippen MR) is 47.9 cm³/mol. The van der Waals surface area contributed by atoms with Crippen LogP contribution in [0.25, 0.3) is 0 Å². The fourth-order valence-electron chi connectivity index (χ4n) is 0.295. The van der Waals surface area contributed by atoms with Crippen LogP contribution in [0.1, 0.15) is 13.3 Å². The molecule has 0 heterocycles. The van der Waals surface area contributed by atoms with E-state index < -0.39 is 0 Å². The Bertz CT molecular complexity index is 32.6. The molecule has 0 unspecified atom stereocenters. The molecule has 0 spiro atoms. The molecule has 0 aromatic carbocycles. The van der Waals surface area contributed by atoms with E-state index in [4.69, 9.17) is 4.74 Å². The first-order chi connectivity index (χ1) is 4.83. The van der Waals surface area contributed by atoms with Crippen LogP contribution in [-0.4, -0.2) is 33.2 Å². The van der Waals surface area contributed by atoms with Crippen molar-refractivity contribution in [1.29, 1.82) is 0 Å². The maximum absolute atomic E-state index is 4.69. The summed E-state index contributed by atoms with van der Waals surface area (Å²) in [7, 11) is 3.37. The van der Waals surface area contributed by atoms with Gasteiger partial charge in [0.05, 0.1) is 6.61 Å². The monoisotopic (exact) mass is 166 g/mol. The molecule has 0 amide bonds. The summed E-state index contributed by atoms with van der Waals surface area (Å²) in [5.74, 6) is 0.816. The molecular weight excluding hydrogens is 148 g/mol. The summed E-state index contributed by atoms with van der Waals surface area (Å²) >= 11 is 3.88. The molecule has 0 aromatic rings. The lowest BCUT2D eigenvalue weighted by atomic mass is 10.5. The topological polar surface area (TPSA) is 18.5 Å². The van der Waals surface area contributed by atoms with E-state index in [0.29, 0.717) is 0 Å². The van der Waals surface area contributed by atoms with Crippen molar-refractivity contribution in [2.75, 3.05) is 33.2 Å². The Labute approximate surface area is 69.3 Å². The summed E-state index contributed by atoms with van der Waals surface area (Å²) < 4.78 is 9.31. The number of ether oxygens (including phenoxy) is 2. The highest BCUT2D eigenvalue weighted by Crippen LogP contribution is 1.70. The lowest BCUT2D eigenvalue weighted by Crippen LogP contribution is -1.85. The van der Waals surface area contributed by atoms with Crippen molar-refractivity contribution in [2.24, 2.45) is 0 Å². The van der Waals surface area contributed by atoms with E-state index in [1.165, 1.54) is 0 Å². The van der Waals surface area contributed by atoms with E-state index in [-0.39, 0.29) is 0 Å². The largest absolute Gasteiger partial charge is 0.385 e. The lowest BCUT2D eigenvalue weighted by Gasteiger charge is -1.84. The van der Waals surface area contributed by atoms with Gasteiger partial charge in [-0.15, -0.1) is 0 Å². The first-order valence-corrected chi connectivity index (χ1v) is 4.05. The summed E-state index contributed by atoms with van der Waals surface area (Å²) in [6.45, 7) is 3.73. The zero-order valence-electron chi connectivity index (χ0n) is 7.09. The van der Waals surface area contributed by atoms with Crippen LogP contribution in [0.5, 0.6) is 0 Å². The Kier molecular flexibility index (Phi) is 20.8. The maximum Gasteiger partial charge on any atom is 0.0550 e. The maximum atomic E-state index is 4.69. The lowest BCUT2D eigenvalue weighted by molar-refractivity contribution is 0.199. The van der Waals surface area contributed by atoms with Crippen molar-refractivity contribution in [2.45, 2.75) is 13.3 Å². The highest BCUT2D eigenvalue weighted by Gasteiger charge is 1.67. The molecule has 0 aliphatic carbocycles. The van der Waals surface area contributed by atoms with Gasteiger partial charge in [0.25, 0.3) is 0 Å². The normalized spacial score (nSPS) is 8.40. The summed E-state index contributed by atoms with van der Waals surface area (Å²) in [5, 5.41) is 0. The van der Waals surface area contributed by atoms with Gasteiger partial charge in [0.15, 0.2) is 0 Å². The van der Waals surface area contributed by atoms with Crippen LogP contribution in [0.4, 0.5) is 0 Å². The van der Waals surface area contributed by atoms with Gasteiger partial charge in [-0.2, -0.15) is 12.6 Å². The number of thiol groups is 1. The second kappa shape index (κ2) is 16.1. The minimum atomic E-state index is 0.753. The van der Waals surface area contributed by atoms with Gasteiger partial charge in [0.1, 0.15) is 0 Å². The average molecular weight is 166 g/mol. The zero-order valence-corrected chi connectivity index (χ0v) is 7.99. The number of hydrogen-bond donors (Lipinski definition) is 1. The second-order valence-corrected chi connectivity index (χ2v) is 2.16. The third-order valence-corrected chi connectivity index (χ3v) is 0.886. The van der Waals surface area contributed by atoms with Gasteiger partial charge >= 0.3 is 0 Å². The standard InChI is InChI=1S/C4H10O.C3H8OS/c1-3-4-5-2;1-4-2-3-5/h3-4H2,1-2H3;5H,2-3H2,1H3. The molecule has 0 N–H and O–H groups in total. The molecule has 0 aliphatic heterocycles. The van der Waals surface area contributed by atoms with Gasteiger partial charge in [-0.05, 0) is 6.42 Å². The van der Waals surface area contributed by atoms with Crippen LogP contribution >= 0.6 is 12.6 Å². The Morgan fingerprint density at radius 2 is 1.60 bits per heavy atom. The van der Waals surface area contributed by atoms with Crippen molar-refractivity contribution in [3.63, 3.8) is 0 Å². The van der Waals surface area contributed by atoms with Gasteiger partial charge in [0, 0.05) is 26.6 Å². The SMILES string of the molecule is CCCOC.COCCS. The van der Waals surface area contributed by atoms with Crippen molar-refractivity contribution in [3.05, 3.63) is 0 Å². The van der Waals surface area contributed by atoms with Crippen LogP contribution in [-0.2, 0) is 9.47 Å². The molecular formula is C7H18O2S. The predicted octanol–water partition coefficient (Wildman–Crippen LogP) is 1.61. The molecule has 0 bridgehead atoms. The van der Waals surface area contributed by atoms with Gasteiger partial charge in [0.2, 0.25) is 0 Å². The molecule has 0 saturated heterocycles. The van der Waals surface area contributed by atoms with Gasteiger partial charge < -0.3 is 9.47 Å². The highest BCUT2D eigenvalue weighted by molar-refractivity contribution is 7.80. The smallest absolute Gasteiger partial charge is 0.0550 e. The highest BCUT2D eigenvalue weighted by atomic mass is 32.1. The molecule has 0 aromatic heterocycles. The summed E-state index contributed by atoms with van der Waals surface area (Å²) in [4.78, 5) is 0. The van der Waals surface area contributed by atoms with E-state index in [1.54, 1.807) is 14.2 Å². The van der Waals surface area contributed by atoms with Crippen molar-refractivity contribution in [3.8, 4) is 0 Å². The van der Waals surface area contributed by atoms with Gasteiger partial charge in [-0.1, -0.05) is 6.92 Å². The molecule has 0 radical (unpaired) electrons. The van der Waals surface area contributed by atoms with Crippen LogP contribution in [0.3, 0.4) is 0 Å². The first kappa shape index (κ1) is 12.9. The second-order valence-electron chi connectivity index (χ2n) is 1.71. The third-order valence-electron chi connectivity index (χ3n) is 0.704. The van der Waals surface area contributed by atoms with Gasteiger partial charge in [-0.25, -0.2) is 0 Å². The molecule has 0 fully saturated rings. The van der Waals surface area contributed by atoms with Crippen LogP contribution in [0.15, 0.2) is 0 Å². The van der Waals surface area contributed by atoms with Crippen LogP contribution < -0.4 is 0 Å². The minimum Gasteiger partial charge on any atom is -0.385 e. The van der Waals surface area contributed by atoms with Crippen molar-refractivity contribution >= 4 is 12.6 Å². The van der Waals surface area contributed by atoms with Crippen LogP contribution in [0, 0.1) is 0 Å². The molecule has 2 nitrogen and oxygen atoms in total. The molecule has 0 rings (SSSR count). The van der Waals surface area contributed by atoms with Crippen molar-refractivity contribution in [1.82, 2.24) is 0 Å². The summed E-state index contributed by atoms with van der Waals surface area (Å²) in [6, 6.07) is 0. The van der Waals surface area contributed by atoms with E-state index >= 15 is 0 Å². The fraction of sp³-hybridized carbons (Fsp3) is 1.00. The average Bonchev–Trinajstić information content (AvgIpc) is 1.93. The number of methoxy groups -OCH3 is 2. The molecule has 10 heavy (non-hydrogen) atoms. The molecule has 3 heteroatoms. The fourth-order valence-corrected chi connectivity index (χ4v) is 0.478.